The summed E-state index contributed by atoms with van der Waals surface area (Å²) in [5, 5.41) is 11.6. The number of piperidine rings is 1. The van der Waals surface area contributed by atoms with E-state index in [0.29, 0.717) is 24.1 Å². The van der Waals surface area contributed by atoms with Gasteiger partial charge in [0.15, 0.2) is 0 Å². The fraction of sp³-hybridized carbons (Fsp3) is 0.208. The van der Waals surface area contributed by atoms with Gasteiger partial charge in [-0.2, -0.15) is 5.26 Å². The van der Waals surface area contributed by atoms with Crippen LogP contribution in [0.4, 0.5) is 0 Å². The summed E-state index contributed by atoms with van der Waals surface area (Å²) >= 11 is 0. The fourth-order valence-electron chi connectivity index (χ4n) is 4.44. The molecule has 1 atom stereocenters. The van der Waals surface area contributed by atoms with Crippen molar-refractivity contribution in [1.82, 2.24) is 19.8 Å². The Morgan fingerprint density at radius 3 is 2.75 bits per heavy atom. The number of benzene rings is 2. The number of amides is 3. The molecule has 8 nitrogen and oxygen atoms in total. The summed E-state index contributed by atoms with van der Waals surface area (Å²) in [6, 6.07) is 14.4. The molecule has 0 aliphatic carbocycles. The van der Waals surface area contributed by atoms with Crippen LogP contribution in [0.5, 0.6) is 0 Å². The minimum absolute atomic E-state index is 0.205. The Morgan fingerprint density at radius 1 is 1.12 bits per heavy atom. The SMILES string of the molecule is Cn1cnc(-c2ccc3c(c2)CN(C2CCC(=O)NC2=O)C3=O)c1-c1cccc(C#N)c1. The van der Waals surface area contributed by atoms with Crippen molar-refractivity contribution in [3.05, 3.63) is 65.5 Å². The maximum Gasteiger partial charge on any atom is 0.255 e. The highest BCUT2D eigenvalue weighted by Crippen LogP contribution is 2.35. The van der Waals surface area contributed by atoms with Crippen molar-refractivity contribution in [2.45, 2.75) is 25.4 Å². The number of imidazole rings is 1. The zero-order valence-electron chi connectivity index (χ0n) is 17.3. The van der Waals surface area contributed by atoms with Crippen LogP contribution in [0.25, 0.3) is 22.5 Å². The molecule has 32 heavy (non-hydrogen) atoms. The molecule has 1 aromatic heterocycles. The van der Waals surface area contributed by atoms with Gasteiger partial charge >= 0.3 is 0 Å². The summed E-state index contributed by atoms with van der Waals surface area (Å²) in [6.45, 7) is 0.306. The number of nitriles is 1. The van der Waals surface area contributed by atoms with Gasteiger partial charge in [0, 0.05) is 36.7 Å². The molecule has 2 aliphatic heterocycles. The van der Waals surface area contributed by atoms with E-state index >= 15 is 0 Å². The zero-order chi connectivity index (χ0) is 22.4. The van der Waals surface area contributed by atoms with Crippen molar-refractivity contribution >= 4 is 17.7 Å². The summed E-state index contributed by atoms with van der Waals surface area (Å²) < 4.78 is 1.90. The predicted octanol–water partition coefficient (Wildman–Crippen LogP) is 2.39. The van der Waals surface area contributed by atoms with E-state index in [1.807, 2.05) is 41.9 Å². The molecular formula is C24H19N5O3. The van der Waals surface area contributed by atoms with Gasteiger partial charge in [0.25, 0.3) is 5.91 Å². The first-order valence-corrected chi connectivity index (χ1v) is 10.3. The largest absolute Gasteiger partial charge is 0.333 e. The third-order valence-corrected chi connectivity index (χ3v) is 6.00. The maximum absolute atomic E-state index is 12.9. The van der Waals surface area contributed by atoms with Crippen molar-refractivity contribution in [3.63, 3.8) is 0 Å². The highest BCUT2D eigenvalue weighted by Gasteiger charge is 2.39. The molecule has 0 bridgehead atoms. The van der Waals surface area contributed by atoms with Crippen molar-refractivity contribution in [3.8, 4) is 28.6 Å². The average Bonchev–Trinajstić information content (AvgIpc) is 3.33. The van der Waals surface area contributed by atoms with E-state index in [0.717, 1.165) is 28.1 Å². The van der Waals surface area contributed by atoms with Crippen LogP contribution in [-0.2, 0) is 23.2 Å². The fourth-order valence-corrected chi connectivity index (χ4v) is 4.44. The molecule has 158 valence electrons. The van der Waals surface area contributed by atoms with Crippen LogP contribution in [-0.4, -0.2) is 38.2 Å². The molecule has 1 saturated heterocycles. The molecule has 3 heterocycles. The number of hydrogen-bond donors (Lipinski definition) is 1. The van der Waals surface area contributed by atoms with Crippen LogP contribution < -0.4 is 5.32 Å². The lowest BCUT2D eigenvalue weighted by Gasteiger charge is -2.29. The average molecular weight is 425 g/mol. The number of aromatic nitrogens is 2. The van der Waals surface area contributed by atoms with Crippen LogP contribution in [0, 0.1) is 11.3 Å². The minimum Gasteiger partial charge on any atom is -0.333 e. The molecule has 1 unspecified atom stereocenters. The Kier molecular flexibility index (Phi) is 4.59. The van der Waals surface area contributed by atoms with E-state index in [4.69, 9.17) is 0 Å². The smallest absolute Gasteiger partial charge is 0.255 e. The monoisotopic (exact) mass is 425 g/mol. The normalized spacial score (nSPS) is 17.8. The van der Waals surface area contributed by atoms with Gasteiger partial charge in [0.2, 0.25) is 11.8 Å². The second-order valence-corrected chi connectivity index (χ2v) is 8.02. The van der Waals surface area contributed by atoms with Crippen LogP contribution >= 0.6 is 0 Å². The van der Waals surface area contributed by atoms with Gasteiger partial charge in [-0.3, -0.25) is 19.7 Å². The van der Waals surface area contributed by atoms with E-state index in [2.05, 4.69) is 16.4 Å². The topological polar surface area (TPSA) is 108 Å². The predicted molar refractivity (Wildman–Crippen MR) is 115 cm³/mol. The van der Waals surface area contributed by atoms with E-state index in [1.165, 1.54) is 4.90 Å². The van der Waals surface area contributed by atoms with E-state index in [-0.39, 0.29) is 18.2 Å². The number of fused-ring (bicyclic) bond motifs is 1. The Balaban J connectivity index is 1.50. The third kappa shape index (κ3) is 3.15. The summed E-state index contributed by atoms with van der Waals surface area (Å²) in [5.74, 6) is -0.933. The molecule has 8 heteroatoms. The standard InChI is InChI=1S/C24H19N5O3/c1-28-13-26-21(22(28)16-4-2-3-14(9-16)11-25)15-5-6-18-17(10-15)12-29(24(18)32)19-7-8-20(30)27-23(19)31/h2-6,9-10,13,19H,7-8,12H2,1H3,(H,27,30,31). The van der Waals surface area contributed by atoms with Gasteiger partial charge in [0.1, 0.15) is 6.04 Å². The molecular weight excluding hydrogens is 406 g/mol. The van der Waals surface area contributed by atoms with E-state index in [1.54, 1.807) is 18.5 Å². The number of carbonyl (C=O) groups excluding carboxylic acids is 3. The van der Waals surface area contributed by atoms with Gasteiger partial charge in [0.05, 0.1) is 29.3 Å². The second-order valence-electron chi connectivity index (χ2n) is 8.02. The molecule has 0 spiro atoms. The highest BCUT2D eigenvalue weighted by atomic mass is 16.2. The van der Waals surface area contributed by atoms with Crippen LogP contribution in [0.3, 0.4) is 0 Å². The highest BCUT2D eigenvalue weighted by molar-refractivity contribution is 6.05. The molecule has 0 saturated carbocycles. The van der Waals surface area contributed by atoms with Crippen LogP contribution in [0.1, 0.15) is 34.3 Å². The molecule has 3 amide bonds. The van der Waals surface area contributed by atoms with Gasteiger partial charge in [-0.25, -0.2) is 4.98 Å². The number of carbonyl (C=O) groups is 3. The molecule has 3 aromatic rings. The van der Waals surface area contributed by atoms with E-state index in [9.17, 15) is 19.6 Å². The zero-order valence-corrected chi connectivity index (χ0v) is 17.3. The quantitative estimate of drug-likeness (QED) is 0.648. The van der Waals surface area contributed by atoms with Crippen LogP contribution in [0.15, 0.2) is 48.8 Å². The first-order chi connectivity index (χ1) is 15.5. The molecule has 5 rings (SSSR count). The van der Waals surface area contributed by atoms with Crippen LogP contribution in [0.2, 0.25) is 0 Å². The molecule has 2 aliphatic rings. The Morgan fingerprint density at radius 2 is 1.97 bits per heavy atom. The van der Waals surface area contributed by atoms with Gasteiger partial charge in [-0.1, -0.05) is 18.2 Å². The summed E-state index contributed by atoms with van der Waals surface area (Å²) in [7, 11) is 1.90. The van der Waals surface area contributed by atoms with Gasteiger partial charge < -0.3 is 9.47 Å². The van der Waals surface area contributed by atoms with Crippen molar-refractivity contribution in [2.75, 3.05) is 0 Å². The lowest BCUT2D eigenvalue weighted by atomic mass is 10.00. The number of aryl methyl sites for hydroxylation is 1. The maximum atomic E-state index is 12.9. The molecule has 1 fully saturated rings. The lowest BCUT2D eigenvalue weighted by molar-refractivity contribution is -0.136. The van der Waals surface area contributed by atoms with Crippen molar-refractivity contribution in [1.29, 1.82) is 5.26 Å². The number of imide groups is 1. The first kappa shape index (κ1) is 19.7. The molecule has 1 N–H and O–H groups in total. The first-order valence-electron chi connectivity index (χ1n) is 10.3. The summed E-state index contributed by atoms with van der Waals surface area (Å²) in [6.07, 6.45) is 2.27. The summed E-state index contributed by atoms with van der Waals surface area (Å²) in [4.78, 5) is 42.8. The second kappa shape index (κ2) is 7.46. The van der Waals surface area contributed by atoms with Gasteiger partial charge in [-0.05, 0) is 36.2 Å². The number of rotatable bonds is 3. The Labute approximate surface area is 184 Å². The van der Waals surface area contributed by atoms with Crippen molar-refractivity contribution < 1.29 is 14.4 Å². The van der Waals surface area contributed by atoms with Crippen molar-refractivity contribution in [2.24, 2.45) is 7.05 Å². The Bertz CT molecular complexity index is 1330. The van der Waals surface area contributed by atoms with Gasteiger partial charge in [-0.15, -0.1) is 0 Å². The third-order valence-electron chi connectivity index (χ3n) is 6.00. The number of hydrogen-bond acceptors (Lipinski definition) is 5. The molecule has 2 aromatic carbocycles. The number of nitrogens with zero attached hydrogens (tertiary/aromatic N) is 4. The molecule has 0 radical (unpaired) electrons. The van der Waals surface area contributed by atoms with E-state index < -0.39 is 11.9 Å². The lowest BCUT2D eigenvalue weighted by Crippen LogP contribution is -2.52. The summed E-state index contributed by atoms with van der Waals surface area (Å²) in [5.41, 5.74) is 5.28. The minimum atomic E-state index is -0.643. The Hall–Kier alpha value is -4.25. The number of nitrogens with one attached hydrogen (secondary N) is 1.